The summed E-state index contributed by atoms with van der Waals surface area (Å²) in [5.41, 5.74) is 0.799. The molecule has 0 bridgehead atoms. The lowest BCUT2D eigenvalue weighted by Crippen LogP contribution is -2.52. The van der Waals surface area contributed by atoms with E-state index in [1.165, 1.54) is 0 Å². The fraction of sp³-hybridized carbons (Fsp3) is 0.417. The lowest BCUT2D eigenvalue weighted by Gasteiger charge is -2.44. The molecule has 29 heavy (non-hydrogen) atoms. The van der Waals surface area contributed by atoms with Gasteiger partial charge in [-0.1, -0.05) is 32.0 Å². The molecule has 1 fully saturated rings. The van der Waals surface area contributed by atoms with Crippen molar-refractivity contribution < 1.29 is 19.1 Å². The number of carbonyl (C=O) groups excluding carboxylic acids is 2. The second kappa shape index (κ2) is 7.90. The van der Waals surface area contributed by atoms with Crippen LogP contribution in [0, 0.1) is 5.92 Å². The average Bonchev–Trinajstić information content (AvgIpc) is 2.72. The zero-order chi connectivity index (χ0) is 20.4. The van der Waals surface area contributed by atoms with Crippen molar-refractivity contribution in [3.63, 3.8) is 0 Å². The predicted octanol–water partition coefficient (Wildman–Crippen LogP) is 4.36. The van der Waals surface area contributed by atoms with Gasteiger partial charge in [0.1, 0.15) is 17.1 Å². The quantitative estimate of drug-likeness (QED) is 0.774. The van der Waals surface area contributed by atoms with Gasteiger partial charge in [0.2, 0.25) is 0 Å². The second-order valence-electron chi connectivity index (χ2n) is 8.41. The number of Topliss-reactive ketones (excluding diaryl/α,β-unsaturated/α-hetero) is 1. The van der Waals surface area contributed by atoms with Crippen LogP contribution in [-0.2, 0) is 0 Å². The number of piperidine rings is 1. The van der Waals surface area contributed by atoms with E-state index in [1.807, 2.05) is 53.4 Å². The number of hydrogen-bond acceptors (Lipinski definition) is 4. The summed E-state index contributed by atoms with van der Waals surface area (Å²) in [5, 5.41) is 0. The van der Waals surface area contributed by atoms with Crippen molar-refractivity contribution in [1.29, 1.82) is 0 Å². The van der Waals surface area contributed by atoms with Crippen molar-refractivity contribution in [1.82, 2.24) is 4.90 Å². The van der Waals surface area contributed by atoms with Crippen LogP contribution < -0.4 is 9.47 Å². The first kappa shape index (κ1) is 19.5. The molecule has 0 unspecified atom stereocenters. The smallest absolute Gasteiger partial charge is 0.253 e. The molecule has 2 aliphatic rings. The van der Waals surface area contributed by atoms with E-state index in [-0.39, 0.29) is 11.7 Å². The van der Waals surface area contributed by atoms with Crippen LogP contribution in [-0.4, -0.2) is 41.9 Å². The third-order valence-corrected chi connectivity index (χ3v) is 5.62. The Morgan fingerprint density at radius 3 is 2.66 bits per heavy atom. The van der Waals surface area contributed by atoms with Crippen LogP contribution in [0.15, 0.2) is 48.5 Å². The Labute approximate surface area is 171 Å². The van der Waals surface area contributed by atoms with Gasteiger partial charge in [-0.2, -0.15) is 0 Å². The number of amides is 1. The molecule has 4 rings (SSSR count). The van der Waals surface area contributed by atoms with Crippen molar-refractivity contribution >= 4 is 11.7 Å². The maximum absolute atomic E-state index is 13.0. The van der Waals surface area contributed by atoms with Crippen LogP contribution in [0.1, 0.15) is 53.8 Å². The van der Waals surface area contributed by atoms with E-state index in [0.29, 0.717) is 61.8 Å². The monoisotopic (exact) mass is 393 g/mol. The van der Waals surface area contributed by atoms with Crippen LogP contribution in [0.5, 0.6) is 11.5 Å². The number of ketones is 1. The molecule has 0 aliphatic carbocycles. The van der Waals surface area contributed by atoms with Crippen molar-refractivity contribution in [2.24, 2.45) is 5.92 Å². The van der Waals surface area contributed by atoms with Gasteiger partial charge in [-0.15, -0.1) is 0 Å². The summed E-state index contributed by atoms with van der Waals surface area (Å²) in [6.07, 6.45) is 1.69. The van der Waals surface area contributed by atoms with E-state index in [2.05, 4.69) is 13.8 Å². The fourth-order valence-corrected chi connectivity index (χ4v) is 4.00. The molecule has 2 aromatic carbocycles. The van der Waals surface area contributed by atoms with Crippen LogP contribution >= 0.6 is 0 Å². The molecule has 2 heterocycles. The molecule has 1 amide bonds. The van der Waals surface area contributed by atoms with Gasteiger partial charge < -0.3 is 14.4 Å². The number of rotatable bonds is 4. The highest BCUT2D eigenvalue weighted by molar-refractivity contribution is 6.00. The first-order valence-electron chi connectivity index (χ1n) is 10.3. The minimum Gasteiger partial charge on any atom is -0.493 e. The number of ether oxygens (including phenoxy) is 2. The summed E-state index contributed by atoms with van der Waals surface area (Å²) >= 11 is 0. The maximum Gasteiger partial charge on any atom is 0.253 e. The van der Waals surface area contributed by atoms with Gasteiger partial charge in [0, 0.05) is 31.5 Å². The second-order valence-corrected chi connectivity index (χ2v) is 8.41. The number of benzene rings is 2. The minimum atomic E-state index is -0.496. The van der Waals surface area contributed by atoms with Gasteiger partial charge in [-0.05, 0) is 36.2 Å². The SMILES string of the molecule is CC(C)COc1cccc(C(=O)N2CCC3(CC2)CC(=O)c2ccccc2O3)c1. The van der Waals surface area contributed by atoms with Gasteiger partial charge in [-0.25, -0.2) is 0 Å². The molecule has 1 spiro atoms. The molecule has 152 valence electrons. The standard InChI is InChI=1S/C24H27NO4/c1-17(2)16-28-19-7-5-6-18(14-19)23(27)25-12-10-24(11-13-25)15-21(26)20-8-3-4-9-22(20)29-24/h3-9,14,17H,10-13,15-16H2,1-2H3. The van der Waals surface area contributed by atoms with Crippen molar-refractivity contribution in [2.75, 3.05) is 19.7 Å². The van der Waals surface area contributed by atoms with E-state index >= 15 is 0 Å². The van der Waals surface area contributed by atoms with E-state index in [1.54, 1.807) is 0 Å². The van der Waals surface area contributed by atoms with E-state index in [4.69, 9.17) is 9.47 Å². The van der Waals surface area contributed by atoms with E-state index < -0.39 is 5.60 Å². The Bertz CT molecular complexity index is 913. The lowest BCUT2D eigenvalue weighted by atomic mass is 9.82. The highest BCUT2D eigenvalue weighted by atomic mass is 16.5. The zero-order valence-electron chi connectivity index (χ0n) is 17.0. The number of carbonyl (C=O) groups is 2. The molecule has 0 saturated carbocycles. The van der Waals surface area contributed by atoms with Gasteiger partial charge in [0.05, 0.1) is 18.6 Å². The first-order chi connectivity index (χ1) is 14.0. The molecule has 5 nitrogen and oxygen atoms in total. The highest BCUT2D eigenvalue weighted by Gasteiger charge is 2.43. The van der Waals surface area contributed by atoms with E-state index in [0.717, 1.165) is 5.75 Å². The van der Waals surface area contributed by atoms with Gasteiger partial charge in [-0.3, -0.25) is 9.59 Å². The third kappa shape index (κ3) is 4.14. The summed E-state index contributed by atoms with van der Waals surface area (Å²) < 4.78 is 12.0. The average molecular weight is 393 g/mol. The normalized spacial score (nSPS) is 17.8. The number of hydrogen-bond donors (Lipinski definition) is 0. The molecule has 0 atom stereocenters. The molecular weight excluding hydrogens is 366 g/mol. The zero-order valence-corrected chi connectivity index (χ0v) is 17.0. The molecule has 1 saturated heterocycles. The lowest BCUT2D eigenvalue weighted by molar-refractivity contribution is -0.00571. The molecular formula is C24H27NO4. The van der Waals surface area contributed by atoms with Gasteiger partial charge in [0.15, 0.2) is 5.78 Å². The van der Waals surface area contributed by atoms with Crippen LogP contribution in [0.4, 0.5) is 0 Å². The molecule has 2 aliphatic heterocycles. The number of nitrogens with zero attached hydrogens (tertiary/aromatic N) is 1. The molecule has 0 aromatic heterocycles. The Kier molecular flexibility index (Phi) is 5.31. The van der Waals surface area contributed by atoms with Crippen LogP contribution in [0.3, 0.4) is 0 Å². The first-order valence-corrected chi connectivity index (χ1v) is 10.3. The molecule has 0 N–H and O–H groups in total. The largest absolute Gasteiger partial charge is 0.493 e. The Hall–Kier alpha value is -2.82. The van der Waals surface area contributed by atoms with Crippen LogP contribution in [0.25, 0.3) is 0 Å². The highest BCUT2D eigenvalue weighted by Crippen LogP contribution is 2.39. The number of likely N-dealkylation sites (tertiary alicyclic amines) is 1. The van der Waals surface area contributed by atoms with Gasteiger partial charge >= 0.3 is 0 Å². The summed E-state index contributed by atoms with van der Waals surface area (Å²) in [5.74, 6) is 1.93. The topological polar surface area (TPSA) is 55.8 Å². The van der Waals surface area contributed by atoms with Gasteiger partial charge in [0.25, 0.3) is 5.91 Å². The van der Waals surface area contributed by atoms with Crippen molar-refractivity contribution in [3.8, 4) is 11.5 Å². The third-order valence-electron chi connectivity index (χ3n) is 5.62. The Morgan fingerprint density at radius 2 is 1.90 bits per heavy atom. The number of para-hydroxylation sites is 1. The summed E-state index contributed by atoms with van der Waals surface area (Å²) in [6, 6.07) is 14.8. The molecule has 0 radical (unpaired) electrons. The summed E-state index contributed by atoms with van der Waals surface area (Å²) in [7, 11) is 0. The van der Waals surface area contributed by atoms with Crippen LogP contribution in [0.2, 0.25) is 0 Å². The fourth-order valence-electron chi connectivity index (χ4n) is 4.00. The van der Waals surface area contributed by atoms with E-state index in [9.17, 15) is 9.59 Å². The summed E-state index contributed by atoms with van der Waals surface area (Å²) in [4.78, 5) is 27.4. The minimum absolute atomic E-state index is 0.00242. The molecule has 5 heteroatoms. The summed E-state index contributed by atoms with van der Waals surface area (Å²) in [6.45, 7) is 5.96. The Balaban J connectivity index is 1.42. The predicted molar refractivity (Wildman–Crippen MR) is 111 cm³/mol. The van der Waals surface area contributed by atoms with Crippen molar-refractivity contribution in [2.45, 2.75) is 38.7 Å². The Morgan fingerprint density at radius 1 is 1.14 bits per heavy atom. The molecule has 2 aromatic rings. The number of fused-ring (bicyclic) bond motifs is 1. The maximum atomic E-state index is 13.0. The van der Waals surface area contributed by atoms with Crippen molar-refractivity contribution in [3.05, 3.63) is 59.7 Å².